The second kappa shape index (κ2) is 3.79. The molecular weight excluding hydrogens is 206 g/mol. The van der Waals surface area contributed by atoms with Crippen LogP contribution in [0.2, 0.25) is 0 Å². The molecule has 1 aromatic rings. The van der Waals surface area contributed by atoms with Crippen LogP contribution in [0.25, 0.3) is 0 Å². The van der Waals surface area contributed by atoms with E-state index in [1.165, 1.54) is 0 Å². The highest BCUT2D eigenvalue weighted by atomic mass is 16.5. The van der Waals surface area contributed by atoms with Crippen LogP contribution < -0.4 is 10.1 Å². The number of rotatable bonds is 0. The van der Waals surface area contributed by atoms with Crippen LogP contribution >= 0.6 is 0 Å². The molecule has 0 aliphatic carbocycles. The minimum Gasteiger partial charge on any atom is -0.493 e. The van der Waals surface area contributed by atoms with Gasteiger partial charge < -0.3 is 14.8 Å². The maximum atomic E-state index is 11.3. The zero-order valence-electron chi connectivity index (χ0n) is 8.81. The van der Waals surface area contributed by atoms with E-state index in [1.807, 2.05) is 24.3 Å². The molecule has 0 bridgehead atoms. The summed E-state index contributed by atoms with van der Waals surface area (Å²) in [5, 5.41) is 2.96. The highest BCUT2D eigenvalue weighted by molar-refractivity contribution is 5.78. The molecule has 2 aliphatic heterocycles. The van der Waals surface area contributed by atoms with E-state index in [2.05, 4.69) is 5.32 Å². The minimum atomic E-state index is -0.0728. The zero-order valence-corrected chi connectivity index (χ0v) is 8.81. The van der Waals surface area contributed by atoms with E-state index in [9.17, 15) is 4.79 Å². The van der Waals surface area contributed by atoms with Gasteiger partial charge in [0, 0.05) is 12.0 Å². The van der Waals surface area contributed by atoms with Crippen LogP contribution in [0.3, 0.4) is 0 Å². The molecule has 0 spiro atoms. The van der Waals surface area contributed by atoms with Crippen molar-refractivity contribution in [2.75, 3.05) is 13.2 Å². The summed E-state index contributed by atoms with van der Waals surface area (Å²) in [6.07, 6.45) is 0.710. The number of ether oxygens (including phenoxy) is 2. The maximum Gasteiger partial charge on any atom is 0.246 e. The van der Waals surface area contributed by atoms with Gasteiger partial charge in [0.15, 0.2) is 0 Å². The van der Waals surface area contributed by atoms with Gasteiger partial charge in [-0.2, -0.15) is 0 Å². The SMILES string of the molecule is O=C1CO[C@H]2c3ccccc3OCC[C@H]2N1. The van der Waals surface area contributed by atoms with E-state index >= 15 is 0 Å². The summed E-state index contributed by atoms with van der Waals surface area (Å²) in [4.78, 5) is 11.3. The van der Waals surface area contributed by atoms with Crippen LogP contribution in [-0.2, 0) is 9.53 Å². The average molecular weight is 219 g/mol. The van der Waals surface area contributed by atoms with Gasteiger partial charge in [0.1, 0.15) is 18.5 Å². The standard InChI is InChI=1S/C12H13NO3/c14-11-7-16-12-8-3-1-2-4-10(8)15-6-5-9(12)13-11/h1-4,9,12H,5-7H2,(H,13,14)/t9-,12+/m1/s1. The lowest BCUT2D eigenvalue weighted by molar-refractivity contribution is -0.137. The zero-order chi connectivity index (χ0) is 11.0. The molecule has 1 aromatic carbocycles. The molecule has 2 heterocycles. The number of carbonyl (C=O) groups is 1. The number of hydrogen-bond donors (Lipinski definition) is 1. The van der Waals surface area contributed by atoms with Gasteiger partial charge in [-0.25, -0.2) is 0 Å². The van der Waals surface area contributed by atoms with Gasteiger partial charge in [-0.05, 0) is 6.07 Å². The first kappa shape index (κ1) is 9.66. The van der Waals surface area contributed by atoms with Gasteiger partial charge in [0.2, 0.25) is 5.91 Å². The fraction of sp³-hybridized carbons (Fsp3) is 0.417. The van der Waals surface area contributed by atoms with Crippen LogP contribution in [0.5, 0.6) is 5.75 Å². The molecule has 2 aliphatic rings. The first-order valence-corrected chi connectivity index (χ1v) is 5.47. The van der Waals surface area contributed by atoms with Crippen molar-refractivity contribution in [3.63, 3.8) is 0 Å². The third-order valence-corrected chi connectivity index (χ3v) is 3.02. The fourth-order valence-corrected chi connectivity index (χ4v) is 2.28. The molecule has 4 heteroatoms. The Balaban J connectivity index is 1.98. The summed E-state index contributed by atoms with van der Waals surface area (Å²) < 4.78 is 11.3. The summed E-state index contributed by atoms with van der Waals surface area (Å²) in [6, 6.07) is 7.88. The predicted molar refractivity (Wildman–Crippen MR) is 57.2 cm³/mol. The van der Waals surface area contributed by atoms with Gasteiger partial charge in [0.05, 0.1) is 12.6 Å². The Labute approximate surface area is 93.5 Å². The number of fused-ring (bicyclic) bond motifs is 3. The van der Waals surface area contributed by atoms with Crippen molar-refractivity contribution in [2.24, 2.45) is 0 Å². The van der Waals surface area contributed by atoms with Crippen molar-refractivity contribution in [1.82, 2.24) is 5.32 Å². The van der Waals surface area contributed by atoms with Crippen molar-refractivity contribution in [2.45, 2.75) is 18.6 Å². The molecule has 1 N–H and O–H groups in total. The molecule has 4 nitrogen and oxygen atoms in total. The lowest BCUT2D eigenvalue weighted by atomic mass is 9.99. The topological polar surface area (TPSA) is 47.6 Å². The molecule has 0 radical (unpaired) electrons. The third kappa shape index (κ3) is 1.55. The van der Waals surface area contributed by atoms with Crippen molar-refractivity contribution in [3.05, 3.63) is 29.8 Å². The van der Waals surface area contributed by atoms with Crippen molar-refractivity contribution in [1.29, 1.82) is 0 Å². The van der Waals surface area contributed by atoms with Crippen molar-refractivity contribution >= 4 is 5.91 Å². The maximum absolute atomic E-state index is 11.3. The Morgan fingerprint density at radius 1 is 1.31 bits per heavy atom. The molecular formula is C12H13NO3. The average Bonchev–Trinajstić information content (AvgIpc) is 2.47. The first-order chi connectivity index (χ1) is 7.84. The van der Waals surface area contributed by atoms with Gasteiger partial charge in [0.25, 0.3) is 0 Å². The monoisotopic (exact) mass is 219 g/mol. The minimum absolute atomic E-state index is 0.0323. The number of benzene rings is 1. The second-order valence-corrected chi connectivity index (χ2v) is 4.08. The summed E-state index contributed by atoms with van der Waals surface area (Å²) in [5.41, 5.74) is 1.03. The van der Waals surface area contributed by atoms with E-state index in [-0.39, 0.29) is 24.7 Å². The molecule has 84 valence electrons. The number of morpholine rings is 1. The molecule has 0 aromatic heterocycles. The smallest absolute Gasteiger partial charge is 0.246 e. The van der Waals surface area contributed by atoms with Gasteiger partial charge in [-0.15, -0.1) is 0 Å². The number of nitrogens with one attached hydrogen (secondary N) is 1. The molecule has 0 saturated carbocycles. The van der Waals surface area contributed by atoms with E-state index in [1.54, 1.807) is 0 Å². The fourth-order valence-electron chi connectivity index (χ4n) is 2.28. The van der Waals surface area contributed by atoms with Crippen LogP contribution in [-0.4, -0.2) is 25.2 Å². The Morgan fingerprint density at radius 2 is 2.19 bits per heavy atom. The van der Waals surface area contributed by atoms with E-state index in [0.29, 0.717) is 6.61 Å². The Hall–Kier alpha value is -1.55. The Kier molecular flexibility index (Phi) is 2.29. The molecule has 3 rings (SSSR count). The number of amides is 1. The third-order valence-electron chi connectivity index (χ3n) is 3.02. The van der Waals surface area contributed by atoms with Crippen LogP contribution in [0.15, 0.2) is 24.3 Å². The lowest BCUT2D eigenvalue weighted by Crippen LogP contribution is -2.47. The quantitative estimate of drug-likeness (QED) is 0.708. The number of carbonyl (C=O) groups excluding carboxylic acids is 1. The van der Waals surface area contributed by atoms with Gasteiger partial charge in [-0.1, -0.05) is 18.2 Å². The highest BCUT2D eigenvalue weighted by Gasteiger charge is 2.34. The van der Waals surface area contributed by atoms with Gasteiger partial charge >= 0.3 is 0 Å². The molecule has 1 fully saturated rings. The van der Waals surface area contributed by atoms with Crippen LogP contribution in [0, 0.1) is 0 Å². The lowest BCUT2D eigenvalue weighted by Gasteiger charge is -2.30. The number of para-hydroxylation sites is 1. The normalized spacial score (nSPS) is 28.1. The Morgan fingerprint density at radius 3 is 3.12 bits per heavy atom. The predicted octanol–water partition coefficient (Wildman–Crippen LogP) is 1.03. The van der Waals surface area contributed by atoms with E-state index in [4.69, 9.17) is 9.47 Å². The Bertz CT molecular complexity index is 418. The first-order valence-electron chi connectivity index (χ1n) is 5.47. The molecule has 1 amide bonds. The highest BCUT2D eigenvalue weighted by Crippen LogP contribution is 2.35. The molecule has 1 saturated heterocycles. The molecule has 16 heavy (non-hydrogen) atoms. The summed E-state index contributed by atoms with van der Waals surface area (Å²) in [7, 11) is 0. The largest absolute Gasteiger partial charge is 0.493 e. The molecule has 0 unspecified atom stereocenters. The van der Waals surface area contributed by atoms with Crippen LogP contribution in [0.4, 0.5) is 0 Å². The van der Waals surface area contributed by atoms with Crippen molar-refractivity contribution < 1.29 is 14.3 Å². The number of hydrogen-bond acceptors (Lipinski definition) is 3. The molecule has 2 atom stereocenters. The van der Waals surface area contributed by atoms with Crippen LogP contribution in [0.1, 0.15) is 18.1 Å². The van der Waals surface area contributed by atoms with Crippen molar-refractivity contribution in [3.8, 4) is 5.75 Å². The summed E-state index contributed by atoms with van der Waals surface area (Å²) >= 11 is 0. The van der Waals surface area contributed by atoms with E-state index in [0.717, 1.165) is 17.7 Å². The second-order valence-electron chi connectivity index (χ2n) is 4.08. The van der Waals surface area contributed by atoms with Gasteiger partial charge in [-0.3, -0.25) is 4.79 Å². The summed E-state index contributed by atoms with van der Waals surface area (Å²) in [6.45, 7) is 0.747. The summed E-state index contributed by atoms with van der Waals surface area (Å²) in [5.74, 6) is 0.826. The van der Waals surface area contributed by atoms with E-state index < -0.39 is 0 Å².